The molecule has 3 aromatic rings. The van der Waals surface area contributed by atoms with E-state index in [-0.39, 0.29) is 27.9 Å². The third kappa shape index (κ3) is 4.21. The number of esters is 1. The molecule has 0 saturated carbocycles. The Hall–Kier alpha value is -3.18. The third-order valence-electron chi connectivity index (χ3n) is 4.17. The van der Waals surface area contributed by atoms with Crippen molar-refractivity contribution in [3.05, 3.63) is 64.9 Å². The van der Waals surface area contributed by atoms with E-state index in [1.54, 1.807) is 11.4 Å². The Balaban J connectivity index is 2.04. The van der Waals surface area contributed by atoms with Crippen LogP contribution in [0.25, 0.3) is 0 Å². The minimum atomic E-state index is -4.28. The molecule has 0 fully saturated rings. The number of carbonyl (C=O) groups is 1. The van der Waals surface area contributed by atoms with Gasteiger partial charge in [-0.1, -0.05) is 0 Å². The van der Waals surface area contributed by atoms with Gasteiger partial charge in [0.2, 0.25) is 0 Å². The highest BCUT2D eigenvalue weighted by Gasteiger charge is 2.29. The molecule has 3 rings (SSSR count). The van der Waals surface area contributed by atoms with E-state index in [1.165, 1.54) is 25.4 Å². The van der Waals surface area contributed by atoms with E-state index in [0.29, 0.717) is 11.3 Å². The highest BCUT2D eigenvalue weighted by atomic mass is 32.2. The molecule has 0 unspecified atom stereocenters. The number of aromatic nitrogens is 1. The number of nitrogens with zero attached hydrogens (tertiary/aromatic N) is 2. The first kappa shape index (κ1) is 21.5. The number of rotatable bonds is 7. The molecule has 1 aromatic heterocycles. The van der Waals surface area contributed by atoms with Crippen LogP contribution in [-0.4, -0.2) is 38.7 Å². The number of phenolic OH excluding ortho intramolecular Hbond substituents is 1. The fourth-order valence-corrected chi connectivity index (χ4v) is 4.89. The van der Waals surface area contributed by atoms with E-state index < -0.39 is 21.8 Å². The van der Waals surface area contributed by atoms with Crippen molar-refractivity contribution >= 4 is 32.5 Å². The van der Waals surface area contributed by atoms with Gasteiger partial charge >= 0.3 is 5.97 Å². The van der Waals surface area contributed by atoms with E-state index in [4.69, 9.17) is 4.74 Å². The lowest BCUT2D eigenvalue weighted by Gasteiger charge is -2.22. The van der Waals surface area contributed by atoms with Crippen molar-refractivity contribution in [3.8, 4) is 11.5 Å². The second-order valence-corrected chi connectivity index (χ2v) is 8.69. The molecular formula is C19H17FN2O6S2. The van der Waals surface area contributed by atoms with Crippen LogP contribution in [0.2, 0.25) is 0 Å². The summed E-state index contributed by atoms with van der Waals surface area (Å²) in [6.07, 6.45) is 1.43. The normalized spacial score (nSPS) is 11.2. The fraction of sp³-hybridized carbons (Fsp3) is 0.158. The summed E-state index contributed by atoms with van der Waals surface area (Å²) < 4.78 is 51.4. The number of anilines is 1. The molecule has 0 atom stereocenters. The molecule has 2 aromatic carbocycles. The van der Waals surface area contributed by atoms with Crippen LogP contribution in [0.5, 0.6) is 11.5 Å². The Morgan fingerprint density at radius 2 is 2.00 bits per heavy atom. The summed E-state index contributed by atoms with van der Waals surface area (Å²) in [4.78, 5) is 15.2. The monoisotopic (exact) mass is 452 g/mol. The first-order valence-electron chi connectivity index (χ1n) is 8.44. The van der Waals surface area contributed by atoms with Crippen LogP contribution in [0.15, 0.2) is 52.9 Å². The van der Waals surface area contributed by atoms with Gasteiger partial charge < -0.3 is 14.6 Å². The highest BCUT2D eigenvalue weighted by molar-refractivity contribution is 7.93. The largest absolute Gasteiger partial charge is 0.507 e. The van der Waals surface area contributed by atoms with Crippen molar-refractivity contribution < 1.29 is 32.2 Å². The molecule has 0 aliphatic heterocycles. The van der Waals surface area contributed by atoms with Gasteiger partial charge in [0, 0.05) is 23.2 Å². The van der Waals surface area contributed by atoms with Gasteiger partial charge in [-0.15, -0.1) is 11.3 Å². The van der Waals surface area contributed by atoms with Gasteiger partial charge in [-0.2, -0.15) is 0 Å². The van der Waals surface area contributed by atoms with E-state index >= 15 is 0 Å². The zero-order valence-corrected chi connectivity index (χ0v) is 17.5. The summed E-state index contributed by atoms with van der Waals surface area (Å²) in [6.45, 7) is -0.258. The highest BCUT2D eigenvalue weighted by Crippen LogP contribution is 2.32. The average molecular weight is 452 g/mol. The summed E-state index contributed by atoms with van der Waals surface area (Å²) in [7, 11) is -1.75. The quantitative estimate of drug-likeness (QED) is 0.549. The first-order chi connectivity index (χ1) is 14.3. The second-order valence-electron chi connectivity index (χ2n) is 5.95. The van der Waals surface area contributed by atoms with Crippen LogP contribution in [0.3, 0.4) is 0 Å². The number of phenols is 1. The minimum absolute atomic E-state index is 0.127. The Labute approximate surface area is 176 Å². The first-order valence-corrected chi connectivity index (χ1v) is 10.8. The van der Waals surface area contributed by atoms with Crippen molar-refractivity contribution in [2.24, 2.45) is 0 Å². The smallest absolute Gasteiger partial charge is 0.340 e. The molecule has 8 nitrogen and oxygen atoms in total. The van der Waals surface area contributed by atoms with Crippen molar-refractivity contribution in [1.29, 1.82) is 0 Å². The predicted octanol–water partition coefficient (Wildman–Crippen LogP) is 3.18. The van der Waals surface area contributed by atoms with Gasteiger partial charge in [0.15, 0.2) is 5.13 Å². The SMILES string of the molecule is COC(=O)c1ccc(S(=O)(=O)N(Cc2ccc(OC)cc2O)c2nccs2)cc1F. The molecular weight excluding hydrogens is 435 g/mol. The number of hydrogen-bond acceptors (Lipinski definition) is 8. The van der Waals surface area contributed by atoms with E-state index in [1.807, 2.05) is 0 Å². The number of methoxy groups -OCH3 is 2. The molecule has 11 heteroatoms. The molecule has 1 N–H and O–H groups in total. The zero-order valence-electron chi connectivity index (χ0n) is 15.9. The van der Waals surface area contributed by atoms with Crippen molar-refractivity contribution in [2.45, 2.75) is 11.4 Å². The van der Waals surface area contributed by atoms with E-state index in [9.17, 15) is 22.7 Å². The number of hydrogen-bond donors (Lipinski definition) is 1. The van der Waals surface area contributed by atoms with Gasteiger partial charge in [0.1, 0.15) is 17.3 Å². The van der Waals surface area contributed by atoms with Crippen molar-refractivity contribution in [3.63, 3.8) is 0 Å². The minimum Gasteiger partial charge on any atom is -0.507 e. The second kappa shape index (κ2) is 8.67. The number of carbonyl (C=O) groups excluding carboxylic acids is 1. The number of thiazole rings is 1. The summed E-state index contributed by atoms with van der Waals surface area (Å²) in [6, 6.07) is 7.35. The van der Waals surface area contributed by atoms with Crippen molar-refractivity contribution in [1.82, 2.24) is 4.98 Å². The van der Waals surface area contributed by atoms with Crippen LogP contribution < -0.4 is 9.04 Å². The van der Waals surface area contributed by atoms with Gasteiger partial charge in [0.05, 0.1) is 31.2 Å². The lowest BCUT2D eigenvalue weighted by Crippen LogP contribution is -2.30. The standard InChI is InChI=1S/C19H17FN2O6S2/c1-27-13-4-3-12(17(23)9-13)11-22(19-21-7-8-29-19)30(25,26)14-5-6-15(16(20)10-14)18(24)28-2/h3-10,23H,11H2,1-2H3. The van der Waals surface area contributed by atoms with Gasteiger partial charge in [-0.3, -0.25) is 0 Å². The number of ether oxygens (including phenoxy) is 2. The maximum atomic E-state index is 14.3. The van der Waals surface area contributed by atoms with Crippen LogP contribution in [-0.2, 0) is 21.3 Å². The van der Waals surface area contributed by atoms with Crippen molar-refractivity contribution in [2.75, 3.05) is 18.5 Å². The number of halogens is 1. The molecule has 0 spiro atoms. The number of aromatic hydroxyl groups is 1. The Bertz CT molecular complexity index is 1170. The molecule has 0 bridgehead atoms. The van der Waals surface area contributed by atoms with Gasteiger partial charge in [0.25, 0.3) is 10.0 Å². The van der Waals surface area contributed by atoms with Crippen LogP contribution in [0.4, 0.5) is 9.52 Å². The lowest BCUT2D eigenvalue weighted by atomic mass is 10.2. The third-order valence-corrected chi connectivity index (χ3v) is 6.81. The summed E-state index contributed by atoms with van der Waals surface area (Å²) >= 11 is 1.06. The summed E-state index contributed by atoms with van der Waals surface area (Å²) in [5.41, 5.74) is -0.0914. The maximum Gasteiger partial charge on any atom is 0.340 e. The predicted molar refractivity (Wildman–Crippen MR) is 108 cm³/mol. The van der Waals surface area contributed by atoms with E-state index in [2.05, 4.69) is 9.72 Å². The maximum absolute atomic E-state index is 14.3. The fourth-order valence-electron chi connectivity index (χ4n) is 2.61. The molecule has 1 heterocycles. The summed E-state index contributed by atoms with van der Waals surface area (Å²) in [5, 5.41) is 12.0. The topological polar surface area (TPSA) is 106 Å². The number of benzene rings is 2. The van der Waals surface area contributed by atoms with Crippen LogP contribution in [0.1, 0.15) is 15.9 Å². The van der Waals surface area contributed by atoms with E-state index in [0.717, 1.165) is 41.0 Å². The molecule has 0 aliphatic rings. The van der Waals surface area contributed by atoms with Crippen LogP contribution >= 0.6 is 11.3 Å². The Morgan fingerprint density at radius 3 is 2.57 bits per heavy atom. The zero-order chi connectivity index (χ0) is 21.9. The Kier molecular flexibility index (Phi) is 6.22. The molecule has 0 radical (unpaired) electrons. The molecule has 0 aliphatic carbocycles. The Morgan fingerprint density at radius 1 is 1.23 bits per heavy atom. The molecule has 158 valence electrons. The average Bonchev–Trinajstić information content (AvgIpc) is 3.26. The van der Waals surface area contributed by atoms with Gasteiger partial charge in [-0.05, 0) is 30.3 Å². The molecule has 0 amide bonds. The van der Waals surface area contributed by atoms with Gasteiger partial charge in [-0.25, -0.2) is 26.9 Å². The van der Waals surface area contributed by atoms with Crippen LogP contribution in [0, 0.1) is 5.82 Å². The summed E-state index contributed by atoms with van der Waals surface area (Å²) in [5.74, 6) is -1.72. The molecule has 0 saturated heterocycles. The lowest BCUT2D eigenvalue weighted by molar-refractivity contribution is 0.0595. The molecule has 30 heavy (non-hydrogen) atoms. The number of sulfonamides is 1.